The first-order valence-electron chi connectivity index (χ1n) is 7.21. The molecule has 0 bridgehead atoms. The summed E-state index contributed by atoms with van der Waals surface area (Å²) in [4.78, 5) is 0. The fourth-order valence-corrected chi connectivity index (χ4v) is 2.56. The molecular weight excluding hydrogens is 261 g/mol. The first-order valence-corrected chi connectivity index (χ1v) is 7.21. The van der Waals surface area contributed by atoms with Crippen LogP contribution in [0.3, 0.4) is 0 Å². The van der Waals surface area contributed by atoms with Crippen LogP contribution in [0, 0.1) is 6.92 Å². The quantitative estimate of drug-likeness (QED) is 0.434. The molecule has 0 unspecified atom stereocenters. The van der Waals surface area contributed by atoms with E-state index in [2.05, 4.69) is 6.58 Å². The van der Waals surface area contributed by atoms with Gasteiger partial charge in [-0.15, -0.1) is 6.58 Å². The van der Waals surface area contributed by atoms with Gasteiger partial charge in [0.1, 0.15) is 0 Å². The van der Waals surface area contributed by atoms with E-state index in [9.17, 15) is 13.2 Å². The summed E-state index contributed by atoms with van der Waals surface area (Å²) < 4.78 is 39.9. The van der Waals surface area contributed by atoms with Crippen molar-refractivity contribution in [1.29, 1.82) is 0 Å². The molecule has 1 aromatic carbocycles. The van der Waals surface area contributed by atoms with Crippen LogP contribution in [-0.2, 0) is 19.0 Å². The van der Waals surface area contributed by atoms with Crippen molar-refractivity contribution >= 4 is 0 Å². The number of alkyl halides is 3. The number of hydrogen-bond acceptors (Lipinski definition) is 0. The molecule has 0 aromatic heterocycles. The monoisotopic (exact) mass is 284 g/mol. The lowest BCUT2D eigenvalue weighted by Crippen LogP contribution is -2.13. The largest absolute Gasteiger partial charge is 0.416 e. The highest BCUT2D eigenvalue weighted by Gasteiger charge is 2.35. The van der Waals surface area contributed by atoms with E-state index in [1.165, 1.54) is 0 Å². The van der Waals surface area contributed by atoms with Crippen molar-refractivity contribution in [2.75, 3.05) is 0 Å². The van der Waals surface area contributed by atoms with E-state index in [0.29, 0.717) is 24.0 Å². The zero-order valence-corrected chi connectivity index (χ0v) is 12.3. The lowest BCUT2D eigenvalue weighted by atomic mass is 9.91. The smallest absolute Gasteiger partial charge is 0.166 e. The average Bonchev–Trinajstić information content (AvgIpc) is 2.36. The van der Waals surface area contributed by atoms with Crippen molar-refractivity contribution in [3.8, 4) is 0 Å². The lowest BCUT2D eigenvalue weighted by molar-refractivity contribution is -0.138. The van der Waals surface area contributed by atoms with Gasteiger partial charge in [0.2, 0.25) is 0 Å². The molecule has 1 aromatic rings. The third-order valence-corrected chi connectivity index (χ3v) is 3.57. The van der Waals surface area contributed by atoms with Gasteiger partial charge in [-0.2, -0.15) is 13.2 Å². The summed E-state index contributed by atoms with van der Waals surface area (Å²) >= 11 is 0. The maximum Gasteiger partial charge on any atom is 0.416 e. The van der Waals surface area contributed by atoms with Gasteiger partial charge < -0.3 is 0 Å². The fourth-order valence-electron chi connectivity index (χ4n) is 2.56. The SMILES string of the molecule is C=CCCCCc1ccc(CCC)c(C)c1C(F)(F)F. The summed E-state index contributed by atoms with van der Waals surface area (Å²) in [5.74, 6) is 0. The van der Waals surface area contributed by atoms with E-state index in [-0.39, 0.29) is 0 Å². The fraction of sp³-hybridized carbons (Fsp3) is 0.529. The first kappa shape index (κ1) is 16.8. The topological polar surface area (TPSA) is 0 Å². The molecule has 0 N–H and O–H groups in total. The van der Waals surface area contributed by atoms with E-state index in [1.807, 2.05) is 13.0 Å². The maximum atomic E-state index is 13.3. The molecule has 0 amide bonds. The minimum atomic E-state index is -4.26. The molecule has 0 aliphatic rings. The molecule has 0 saturated carbocycles. The van der Waals surface area contributed by atoms with Crippen molar-refractivity contribution in [2.24, 2.45) is 0 Å². The molecule has 20 heavy (non-hydrogen) atoms. The Hall–Kier alpha value is -1.25. The summed E-state index contributed by atoms with van der Waals surface area (Å²) in [6, 6.07) is 3.52. The lowest BCUT2D eigenvalue weighted by Gasteiger charge is -2.18. The Morgan fingerprint density at radius 2 is 1.75 bits per heavy atom. The Bertz CT molecular complexity index is 444. The number of unbranched alkanes of at least 4 members (excludes halogenated alkanes) is 2. The van der Waals surface area contributed by atoms with Crippen LogP contribution < -0.4 is 0 Å². The second-order valence-electron chi connectivity index (χ2n) is 5.17. The standard InChI is InChI=1S/C17H23F3/c1-4-6-7-8-10-15-12-11-14(9-5-2)13(3)16(15)17(18,19)20/h4,11-12H,1,5-10H2,2-3H3. The normalized spacial score (nSPS) is 11.7. The van der Waals surface area contributed by atoms with Crippen LogP contribution in [0.5, 0.6) is 0 Å². The van der Waals surface area contributed by atoms with Crippen molar-refractivity contribution in [3.63, 3.8) is 0 Å². The van der Waals surface area contributed by atoms with E-state index in [4.69, 9.17) is 0 Å². The molecule has 0 aliphatic heterocycles. The van der Waals surface area contributed by atoms with Gasteiger partial charge in [-0.05, 0) is 55.7 Å². The van der Waals surface area contributed by atoms with E-state index < -0.39 is 11.7 Å². The summed E-state index contributed by atoms with van der Waals surface area (Å²) in [5, 5.41) is 0. The predicted octanol–water partition coefficient (Wildman–Crippen LogP) is 5.87. The highest BCUT2D eigenvalue weighted by atomic mass is 19.4. The number of rotatable bonds is 7. The molecule has 3 heteroatoms. The Morgan fingerprint density at radius 1 is 1.10 bits per heavy atom. The number of hydrogen-bond donors (Lipinski definition) is 0. The van der Waals surface area contributed by atoms with Gasteiger partial charge in [-0.3, -0.25) is 0 Å². The van der Waals surface area contributed by atoms with Crippen LogP contribution in [0.15, 0.2) is 24.8 Å². The van der Waals surface area contributed by atoms with Gasteiger partial charge in [0.15, 0.2) is 0 Å². The van der Waals surface area contributed by atoms with Crippen molar-refractivity contribution in [3.05, 3.63) is 47.0 Å². The average molecular weight is 284 g/mol. The van der Waals surface area contributed by atoms with Gasteiger partial charge in [-0.1, -0.05) is 31.6 Å². The molecule has 0 nitrogen and oxygen atoms in total. The molecule has 0 radical (unpaired) electrons. The van der Waals surface area contributed by atoms with Crippen molar-refractivity contribution in [1.82, 2.24) is 0 Å². The van der Waals surface area contributed by atoms with Gasteiger partial charge in [-0.25, -0.2) is 0 Å². The summed E-state index contributed by atoms with van der Waals surface area (Å²) in [5.41, 5.74) is 1.23. The zero-order valence-electron chi connectivity index (χ0n) is 12.3. The van der Waals surface area contributed by atoms with Crippen molar-refractivity contribution < 1.29 is 13.2 Å². The van der Waals surface area contributed by atoms with Crippen LogP contribution in [0.2, 0.25) is 0 Å². The highest BCUT2D eigenvalue weighted by molar-refractivity contribution is 5.42. The predicted molar refractivity (Wildman–Crippen MR) is 77.9 cm³/mol. The number of benzene rings is 1. The van der Waals surface area contributed by atoms with Crippen LogP contribution in [0.25, 0.3) is 0 Å². The molecule has 0 heterocycles. The Kier molecular flexibility index (Phi) is 6.31. The highest BCUT2D eigenvalue weighted by Crippen LogP contribution is 2.36. The molecule has 1 rings (SSSR count). The Morgan fingerprint density at radius 3 is 2.30 bits per heavy atom. The Labute approximate surface area is 119 Å². The summed E-state index contributed by atoms with van der Waals surface area (Å²) in [7, 11) is 0. The third-order valence-electron chi connectivity index (χ3n) is 3.57. The van der Waals surface area contributed by atoms with Crippen LogP contribution in [0.1, 0.15) is 54.9 Å². The number of aryl methyl sites for hydroxylation is 2. The molecule has 0 saturated heterocycles. The second kappa shape index (κ2) is 7.51. The van der Waals surface area contributed by atoms with E-state index >= 15 is 0 Å². The number of halogens is 3. The minimum Gasteiger partial charge on any atom is -0.166 e. The second-order valence-corrected chi connectivity index (χ2v) is 5.17. The molecule has 112 valence electrons. The molecule has 0 aliphatic carbocycles. The summed E-state index contributed by atoms with van der Waals surface area (Å²) in [6.45, 7) is 7.21. The molecular formula is C17H23F3. The van der Waals surface area contributed by atoms with Crippen LogP contribution in [-0.4, -0.2) is 0 Å². The third kappa shape index (κ3) is 4.39. The van der Waals surface area contributed by atoms with E-state index in [0.717, 1.165) is 31.2 Å². The zero-order chi connectivity index (χ0) is 15.2. The van der Waals surface area contributed by atoms with Gasteiger partial charge in [0.25, 0.3) is 0 Å². The minimum absolute atomic E-state index is 0.403. The maximum absolute atomic E-state index is 13.3. The van der Waals surface area contributed by atoms with Gasteiger partial charge in [0.05, 0.1) is 5.56 Å². The van der Waals surface area contributed by atoms with Crippen LogP contribution >= 0.6 is 0 Å². The summed E-state index contributed by atoms with van der Waals surface area (Å²) in [6.07, 6.45) is 2.09. The molecule has 0 atom stereocenters. The van der Waals surface area contributed by atoms with E-state index in [1.54, 1.807) is 19.1 Å². The Balaban J connectivity index is 3.04. The van der Waals surface area contributed by atoms with Crippen LogP contribution in [0.4, 0.5) is 13.2 Å². The van der Waals surface area contributed by atoms with Gasteiger partial charge in [0, 0.05) is 0 Å². The van der Waals surface area contributed by atoms with Crippen molar-refractivity contribution in [2.45, 2.75) is 58.5 Å². The molecule has 0 fully saturated rings. The number of allylic oxidation sites excluding steroid dienone is 1. The van der Waals surface area contributed by atoms with Gasteiger partial charge >= 0.3 is 6.18 Å². The molecule has 0 spiro atoms. The first-order chi connectivity index (χ1) is 9.41.